The summed E-state index contributed by atoms with van der Waals surface area (Å²) in [6.45, 7) is 7.24. The number of nitrogens with one attached hydrogen (secondary N) is 1. The zero-order chi connectivity index (χ0) is 28.7. The summed E-state index contributed by atoms with van der Waals surface area (Å²) in [4.78, 5) is 28.3. The molecule has 1 unspecified atom stereocenters. The number of rotatable bonds is 11. The summed E-state index contributed by atoms with van der Waals surface area (Å²) in [6, 6.07) is 17.4. The number of carbonyl (C=O) groups excluding carboxylic acids is 2. The van der Waals surface area contributed by atoms with Crippen LogP contribution >= 0.6 is 23.2 Å². The second-order valence-electron chi connectivity index (χ2n) is 9.35. The van der Waals surface area contributed by atoms with Crippen LogP contribution in [0.25, 0.3) is 0 Å². The van der Waals surface area contributed by atoms with Crippen molar-refractivity contribution in [3.05, 3.63) is 93.5 Å². The number of halogens is 2. The van der Waals surface area contributed by atoms with Crippen LogP contribution in [0.3, 0.4) is 0 Å². The highest BCUT2D eigenvalue weighted by Gasteiger charge is 2.33. The molecular weight excluding hydrogens is 557 g/mol. The van der Waals surface area contributed by atoms with Gasteiger partial charge in [-0.05, 0) is 68.7 Å². The van der Waals surface area contributed by atoms with Gasteiger partial charge in [-0.3, -0.25) is 13.9 Å². The molecule has 3 aromatic rings. The van der Waals surface area contributed by atoms with Gasteiger partial charge in [-0.15, -0.1) is 0 Å². The molecule has 0 aliphatic carbocycles. The van der Waals surface area contributed by atoms with Crippen molar-refractivity contribution in [1.29, 1.82) is 0 Å². The first-order valence-corrected chi connectivity index (χ1v) is 14.8. The van der Waals surface area contributed by atoms with Gasteiger partial charge >= 0.3 is 0 Å². The third-order valence-electron chi connectivity index (χ3n) is 6.28. The molecule has 0 heterocycles. The van der Waals surface area contributed by atoms with E-state index in [1.165, 1.54) is 17.0 Å². The Kier molecular flexibility index (Phi) is 10.4. The van der Waals surface area contributed by atoms with Crippen LogP contribution in [0.4, 0.5) is 5.69 Å². The molecule has 0 fully saturated rings. The maximum absolute atomic E-state index is 13.9. The molecule has 1 N–H and O–H groups in total. The number of amides is 2. The maximum atomic E-state index is 13.9. The predicted octanol–water partition coefficient (Wildman–Crippen LogP) is 5.75. The lowest BCUT2D eigenvalue weighted by atomic mass is 10.1. The van der Waals surface area contributed by atoms with E-state index in [0.717, 1.165) is 16.3 Å². The Hall–Kier alpha value is -3.07. The number of benzene rings is 3. The fourth-order valence-electron chi connectivity index (χ4n) is 4.13. The van der Waals surface area contributed by atoms with E-state index in [2.05, 4.69) is 5.32 Å². The van der Waals surface area contributed by atoms with E-state index in [1.54, 1.807) is 62.4 Å². The summed E-state index contributed by atoms with van der Waals surface area (Å²) in [6.07, 6.45) is 0.731. The van der Waals surface area contributed by atoms with Crippen LogP contribution in [0, 0.1) is 13.8 Å². The zero-order valence-corrected chi connectivity index (χ0v) is 24.8. The summed E-state index contributed by atoms with van der Waals surface area (Å²) in [5.41, 5.74) is 2.70. The largest absolute Gasteiger partial charge is 0.354 e. The monoisotopic (exact) mass is 589 g/mol. The van der Waals surface area contributed by atoms with E-state index in [-0.39, 0.29) is 17.3 Å². The molecule has 7 nitrogen and oxygen atoms in total. The van der Waals surface area contributed by atoms with Crippen molar-refractivity contribution < 1.29 is 18.0 Å². The highest BCUT2D eigenvalue weighted by atomic mass is 35.5. The molecular formula is C29H33Cl2N3O4S. The van der Waals surface area contributed by atoms with Gasteiger partial charge in [0.25, 0.3) is 10.0 Å². The van der Waals surface area contributed by atoms with E-state index in [9.17, 15) is 18.0 Å². The Balaban J connectivity index is 2.05. The molecule has 0 saturated carbocycles. The van der Waals surface area contributed by atoms with Crippen LogP contribution in [0.15, 0.2) is 71.6 Å². The molecule has 0 saturated heterocycles. The van der Waals surface area contributed by atoms with Gasteiger partial charge in [0.2, 0.25) is 11.8 Å². The minimum absolute atomic E-state index is 0.0303. The molecule has 0 aliphatic rings. The number of aryl methyl sites for hydroxylation is 2. The first-order chi connectivity index (χ1) is 18.4. The first-order valence-electron chi connectivity index (χ1n) is 12.6. The highest BCUT2D eigenvalue weighted by molar-refractivity contribution is 7.92. The SMILES string of the molecule is CCCNC(=O)C(C)N(Cc1ccc(Cl)c(Cl)c1)C(=O)CN(c1ccc(C)cc1C)S(=O)(=O)c1ccccc1. The lowest BCUT2D eigenvalue weighted by Crippen LogP contribution is -2.51. The fraction of sp³-hybridized carbons (Fsp3) is 0.310. The summed E-state index contributed by atoms with van der Waals surface area (Å²) < 4.78 is 28.8. The molecule has 39 heavy (non-hydrogen) atoms. The molecule has 10 heteroatoms. The van der Waals surface area contributed by atoms with E-state index >= 15 is 0 Å². The van der Waals surface area contributed by atoms with Gasteiger partial charge < -0.3 is 10.2 Å². The third-order valence-corrected chi connectivity index (χ3v) is 8.80. The average Bonchev–Trinajstić information content (AvgIpc) is 2.91. The Bertz CT molecular complexity index is 1430. The average molecular weight is 591 g/mol. The summed E-state index contributed by atoms with van der Waals surface area (Å²) in [5, 5.41) is 3.49. The maximum Gasteiger partial charge on any atom is 0.264 e. The molecule has 3 rings (SSSR count). The van der Waals surface area contributed by atoms with Crippen molar-refractivity contribution in [2.45, 2.75) is 51.6 Å². The van der Waals surface area contributed by atoms with Crippen molar-refractivity contribution in [2.24, 2.45) is 0 Å². The van der Waals surface area contributed by atoms with Crippen molar-refractivity contribution in [1.82, 2.24) is 10.2 Å². The first kappa shape index (κ1) is 30.5. The number of sulfonamides is 1. The summed E-state index contributed by atoms with van der Waals surface area (Å²) in [5.74, 6) is -0.881. The standard InChI is InChI=1S/C29H33Cl2N3O4S/c1-5-15-32-29(36)22(4)33(18-23-12-13-25(30)26(31)17-23)28(35)19-34(27-14-11-20(2)16-21(27)3)39(37,38)24-9-7-6-8-10-24/h6-14,16-17,22H,5,15,18-19H2,1-4H3,(H,32,36). The minimum Gasteiger partial charge on any atom is -0.354 e. The predicted molar refractivity (Wildman–Crippen MR) is 157 cm³/mol. The zero-order valence-electron chi connectivity index (χ0n) is 22.4. The number of nitrogens with zero attached hydrogens (tertiary/aromatic N) is 2. The molecule has 0 bridgehead atoms. The van der Waals surface area contributed by atoms with E-state index in [4.69, 9.17) is 23.2 Å². The molecule has 0 spiro atoms. The smallest absolute Gasteiger partial charge is 0.264 e. The second kappa shape index (κ2) is 13.3. The lowest BCUT2D eigenvalue weighted by Gasteiger charge is -2.32. The molecule has 1 atom stereocenters. The normalized spacial score (nSPS) is 12.1. The van der Waals surface area contributed by atoms with Crippen LogP contribution in [0.5, 0.6) is 0 Å². The van der Waals surface area contributed by atoms with Gasteiger partial charge in [0, 0.05) is 13.1 Å². The Morgan fingerprint density at radius 3 is 2.26 bits per heavy atom. The molecule has 3 aromatic carbocycles. The quantitative estimate of drug-likeness (QED) is 0.308. The Labute approximate surface area is 240 Å². The number of hydrogen-bond donors (Lipinski definition) is 1. The molecule has 0 radical (unpaired) electrons. The molecule has 2 amide bonds. The van der Waals surface area contributed by atoms with Crippen LogP contribution < -0.4 is 9.62 Å². The number of anilines is 1. The highest BCUT2D eigenvalue weighted by Crippen LogP contribution is 2.29. The number of hydrogen-bond acceptors (Lipinski definition) is 4. The summed E-state index contributed by atoms with van der Waals surface area (Å²) in [7, 11) is -4.12. The molecule has 208 valence electrons. The minimum atomic E-state index is -4.12. The second-order valence-corrected chi connectivity index (χ2v) is 12.0. The fourth-order valence-corrected chi connectivity index (χ4v) is 5.95. The van der Waals surface area contributed by atoms with E-state index < -0.39 is 28.5 Å². The van der Waals surface area contributed by atoms with Gasteiger partial charge in [-0.25, -0.2) is 8.42 Å². The van der Waals surface area contributed by atoms with Crippen molar-refractivity contribution in [2.75, 3.05) is 17.4 Å². The van der Waals surface area contributed by atoms with Gasteiger partial charge in [-0.1, -0.05) is 72.1 Å². The van der Waals surface area contributed by atoms with Crippen LogP contribution in [0.2, 0.25) is 10.0 Å². The van der Waals surface area contributed by atoms with Gasteiger partial charge in [0.05, 0.1) is 20.6 Å². The lowest BCUT2D eigenvalue weighted by molar-refractivity contribution is -0.139. The van der Waals surface area contributed by atoms with Crippen LogP contribution in [-0.4, -0.2) is 44.3 Å². The van der Waals surface area contributed by atoms with Crippen LogP contribution in [0.1, 0.15) is 37.0 Å². The van der Waals surface area contributed by atoms with Crippen molar-refractivity contribution in [3.8, 4) is 0 Å². The summed E-state index contributed by atoms with van der Waals surface area (Å²) >= 11 is 12.3. The van der Waals surface area contributed by atoms with Crippen molar-refractivity contribution in [3.63, 3.8) is 0 Å². The van der Waals surface area contributed by atoms with Crippen molar-refractivity contribution >= 4 is 50.7 Å². The topological polar surface area (TPSA) is 86.8 Å². The van der Waals surface area contributed by atoms with Gasteiger partial charge in [0.1, 0.15) is 12.6 Å². The van der Waals surface area contributed by atoms with Gasteiger partial charge in [-0.2, -0.15) is 0 Å². The Morgan fingerprint density at radius 1 is 0.949 bits per heavy atom. The molecule has 0 aromatic heterocycles. The third kappa shape index (κ3) is 7.53. The Morgan fingerprint density at radius 2 is 1.64 bits per heavy atom. The van der Waals surface area contributed by atoms with E-state index in [1.807, 2.05) is 19.9 Å². The number of carbonyl (C=O) groups is 2. The van der Waals surface area contributed by atoms with Crippen LogP contribution in [-0.2, 0) is 26.2 Å². The van der Waals surface area contributed by atoms with E-state index in [0.29, 0.717) is 33.4 Å². The van der Waals surface area contributed by atoms with Gasteiger partial charge in [0.15, 0.2) is 0 Å². The molecule has 0 aliphatic heterocycles.